The number of hydrogen-bond acceptors (Lipinski definition) is 1. The van der Waals surface area contributed by atoms with E-state index in [0.717, 1.165) is 13.1 Å². The first-order valence-electron chi connectivity index (χ1n) is 3.68. The summed E-state index contributed by atoms with van der Waals surface area (Å²) in [6.45, 7) is 5.77. The van der Waals surface area contributed by atoms with Gasteiger partial charge in [-0.25, -0.2) is 4.79 Å². The number of carbonyl (C=O) groups excluding carboxylic acids is 1. The predicted octanol–water partition coefficient (Wildman–Crippen LogP) is 0.762. The van der Waals surface area contributed by atoms with Crippen LogP contribution < -0.4 is 0 Å². The highest BCUT2D eigenvalue weighted by Crippen LogP contribution is 2.11. The summed E-state index contributed by atoms with van der Waals surface area (Å²) >= 11 is 0. The number of amides is 2. The van der Waals surface area contributed by atoms with Crippen molar-refractivity contribution in [2.24, 2.45) is 0 Å². The molecule has 0 aromatic rings. The molecule has 0 bridgehead atoms. The Morgan fingerprint density at radius 1 is 1.70 bits per heavy atom. The topological polar surface area (TPSA) is 23.6 Å². The third kappa shape index (κ3) is 0.958. The quantitative estimate of drug-likeness (QED) is 0.530. The molecule has 1 rings (SSSR count). The fourth-order valence-corrected chi connectivity index (χ4v) is 1.20. The average molecular weight is 142 g/mol. The van der Waals surface area contributed by atoms with Gasteiger partial charge in [-0.1, -0.05) is 0 Å². The highest BCUT2D eigenvalue weighted by Gasteiger charge is 2.29. The van der Waals surface area contributed by atoms with Crippen LogP contribution in [-0.2, 0) is 0 Å². The van der Waals surface area contributed by atoms with Gasteiger partial charge >= 0.3 is 6.03 Å². The van der Waals surface area contributed by atoms with Gasteiger partial charge in [-0.2, -0.15) is 0 Å². The predicted molar refractivity (Wildman–Crippen MR) is 39.9 cm³/mol. The van der Waals surface area contributed by atoms with Crippen LogP contribution in [0.25, 0.3) is 0 Å². The van der Waals surface area contributed by atoms with Crippen LogP contribution in [0.3, 0.4) is 0 Å². The number of rotatable bonds is 1. The fraction of sp³-hybridized carbons (Fsp3) is 0.857. The normalized spacial score (nSPS) is 26.3. The standard InChI is InChI=1S/C7H14N2O/c1-4-9-5-6(2)8(3)7(9)10/h6H,4-5H2,1-3H3. The van der Waals surface area contributed by atoms with E-state index in [2.05, 4.69) is 6.92 Å². The lowest BCUT2D eigenvalue weighted by Crippen LogP contribution is -2.30. The van der Waals surface area contributed by atoms with Crippen LogP contribution in [0.1, 0.15) is 13.8 Å². The third-order valence-corrected chi connectivity index (χ3v) is 2.10. The number of nitrogens with zero attached hydrogens (tertiary/aromatic N) is 2. The van der Waals surface area contributed by atoms with Gasteiger partial charge in [0.05, 0.1) is 0 Å². The van der Waals surface area contributed by atoms with E-state index < -0.39 is 0 Å². The lowest BCUT2D eigenvalue weighted by molar-refractivity contribution is 0.198. The van der Waals surface area contributed by atoms with Gasteiger partial charge in [0, 0.05) is 26.2 Å². The maximum Gasteiger partial charge on any atom is 0.320 e. The summed E-state index contributed by atoms with van der Waals surface area (Å²) in [4.78, 5) is 14.8. The molecule has 0 saturated carbocycles. The molecule has 2 amide bonds. The Bertz CT molecular complexity index is 147. The van der Waals surface area contributed by atoms with E-state index >= 15 is 0 Å². The second-order valence-electron chi connectivity index (χ2n) is 2.78. The van der Waals surface area contributed by atoms with E-state index in [1.54, 1.807) is 4.90 Å². The van der Waals surface area contributed by atoms with Crippen LogP contribution in [-0.4, -0.2) is 42.0 Å². The molecule has 3 nitrogen and oxygen atoms in total. The maximum atomic E-state index is 11.2. The molecule has 1 aliphatic heterocycles. The van der Waals surface area contributed by atoms with Crippen molar-refractivity contribution in [3.63, 3.8) is 0 Å². The van der Waals surface area contributed by atoms with Crippen molar-refractivity contribution in [1.29, 1.82) is 0 Å². The monoisotopic (exact) mass is 142 g/mol. The van der Waals surface area contributed by atoms with Crippen molar-refractivity contribution in [1.82, 2.24) is 9.80 Å². The van der Waals surface area contributed by atoms with E-state index in [9.17, 15) is 4.79 Å². The minimum atomic E-state index is 0.162. The molecular weight excluding hydrogens is 128 g/mol. The minimum Gasteiger partial charge on any atom is -0.323 e. The highest BCUT2D eigenvalue weighted by atomic mass is 16.2. The highest BCUT2D eigenvalue weighted by molar-refractivity contribution is 5.76. The maximum absolute atomic E-state index is 11.2. The zero-order chi connectivity index (χ0) is 7.72. The van der Waals surface area contributed by atoms with Gasteiger partial charge in [-0.05, 0) is 13.8 Å². The molecule has 0 radical (unpaired) electrons. The van der Waals surface area contributed by atoms with E-state index in [1.165, 1.54) is 0 Å². The molecule has 0 aromatic heterocycles. The first kappa shape index (κ1) is 7.38. The minimum absolute atomic E-state index is 0.162. The van der Waals surface area contributed by atoms with Crippen LogP contribution in [0, 0.1) is 0 Å². The summed E-state index contributed by atoms with van der Waals surface area (Å²) < 4.78 is 0. The second-order valence-corrected chi connectivity index (χ2v) is 2.78. The Hall–Kier alpha value is -0.730. The van der Waals surface area contributed by atoms with E-state index in [0.29, 0.717) is 6.04 Å². The fourth-order valence-electron chi connectivity index (χ4n) is 1.20. The van der Waals surface area contributed by atoms with Crippen molar-refractivity contribution in [2.45, 2.75) is 19.9 Å². The van der Waals surface area contributed by atoms with Crippen molar-refractivity contribution in [3.8, 4) is 0 Å². The molecule has 1 unspecified atom stereocenters. The number of hydrogen-bond donors (Lipinski definition) is 0. The summed E-state index contributed by atoms with van der Waals surface area (Å²) in [6, 6.07) is 0.544. The first-order valence-corrected chi connectivity index (χ1v) is 3.68. The first-order chi connectivity index (χ1) is 4.66. The Labute approximate surface area is 61.6 Å². The number of carbonyl (C=O) groups is 1. The lowest BCUT2D eigenvalue weighted by Gasteiger charge is -2.13. The summed E-state index contributed by atoms with van der Waals surface area (Å²) in [6.07, 6.45) is 0. The molecule has 0 N–H and O–H groups in total. The number of urea groups is 1. The van der Waals surface area contributed by atoms with Gasteiger partial charge in [-0.15, -0.1) is 0 Å². The van der Waals surface area contributed by atoms with Crippen molar-refractivity contribution in [2.75, 3.05) is 20.1 Å². The Morgan fingerprint density at radius 2 is 2.30 bits per heavy atom. The van der Waals surface area contributed by atoms with Crippen LogP contribution in [0.5, 0.6) is 0 Å². The van der Waals surface area contributed by atoms with Crippen LogP contribution >= 0.6 is 0 Å². The summed E-state index contributed by atoms with van der Waals surface area (Å²) in [5.41, 5.74) is 0. The molecule has 0 aromatic carbocycles. The molecule has 0 aliphatic carbocycles. The lowest BCUT2D eigenvalue weighted by atomic mass is 10.3. The van der Waals surface area contributed by atoms with Crippen molar-refractivity contribution >= 4 is 6.03 Å². The molecule has 0 spiro atoms. The van der Waals surface area contributed by atoms with E-state index in [-0.39, 0.29) is 6.03 Å². The Balaban J connectivity index is 2.62. The van der Waals surface area contributed by atoms with Gasteiger partial charge in [-0.3, -0.25) is 0 Å². The average Bonchev–Trinajstić information content (AvgIpc) is 2.17. The van der Waals surface area contributed by atoms with E-state index in [1.807, 2.05) is 18.9 Å². The zero-order valence-electron chi connectivity index (χ0n) is 6.79. The third-order valence-electron chi connectivity index (χ3n) is 2.10. The molecule has 1 fully saturated rings. The number of likely N-dealkylation sites (N-methyl/N-ethyl adjacent to an activating group) is 2. The SMILES string of the molecule is CCN1CC(C)N(C)C1=O. The summed E-state index contributed by atoms with van der Waals surface area (Å²) in [5, 5.41) is 0. The Morgan fingerprint density at radius 3 is 2.50 bits per heavy atom. The zero-order valence-corrected chi connectivity index (χ0v) is 6.79. The van der Waals surface area contributed by atoms with Crippen molar-refractivity contribution in [3.05, 3.63) is 0 Å². The van der Waals surface area contributed by atoms with Crippen molar-refractivity contribution < 1.29 is 4.79 Å². The molecule has 1 saturated heterocycles. The second kappa shape index (κ2) is 2.48. The van der Waals surface area contributed by atoms with E-state index in [4.69, 9.17) is 0 Å². The molecule has 1 atom stereocenters. The van der Waals surface area contributed by atoms with Crippen LogP contribution in [0.2, 0.25) is 0 Å². The summed E-state index contributed by atoms with van der Waals surface area (Å²) in [7, 11) is 1.85. The molecular formula is C7H14N2O. The molecule has 1 heterocycles. The van der Waals surface area contributed by atoms with Crippen LogP contribution in [0.4, 0.5) is 4.79 Å². The summed E-state index contributed by atoms with van der Waals surface area (Å²) in [5.74, 6) is 0. The van der Waals surface area contributed by atoms with Gasteiger partial charge < -0.3 is 9.80 Å². The Kier molecular flexibility index (Phi) is 1.83. The molecule has 10 heavy (non-hydrogen) atoms. The van der Waals surface area contributed by atoms with Gasteiger partial charge in [0.2, 0.25) is 0 Å². The van der Waals surface area contributed by atoms with Crippen LogP contribution in [0.15, 0.2) is 0 Å². The molecule has 58 valence electrons. The smallest absolute Gasteiger partial charge is 0.320 e. The van der Waals surface area contributed by atoms with Gasteiger partial charge in [0.25, 0.3) is 0 Å². The van der Waals surface area contributed by atoms with Gasteiger partial charge in [0.15, 0.2) is 0 Å². The molecule has 3 heteroatoms. The largest absolute Gasteiger partial charge is 0.323 e. The van der Waals surface area contributed by atoms with Gasteiger partial charge in [0.1, 0.15) is 0 Å². The molecule has 1 aliphatic rings.